The molecule has 1 amide bonds. The van der Waals surface area contributed by atoms with Crippen molar-refractivity contribution in [2.75, 3.05) is 19.6 Å². The molecule has 0 aromatic carbocycles. The van der Waals surface area contributed by atoms with Gasteiger partial charge < -0.3 is 10.2 Å². The van der Waals surface area contributed by atoms with Crippen LogP contribution in [-0.4, -0.2) is 41.5 Å². The van der Waals surface area contributed by atoms with E-state index in [4.69, 9.17) is 0 Å². The van der Waals surface area contributed by atoms with E-state index in [9.17, 15) is 4.79 Å². The molecule has 1 atom stereocenters. The van der Waals surface area contributed by atoms with E-state index in [0.29, 0.717) is 12.5 Å². The molecule has 1 fully saturated rings. The molecule has 1 aliphatic rings. The first-order valence-corrected chi connectivity index (χ1v) is 6.67. The van der Waals surface area contributed by atoms with Crippen molar-refractivity contribution < 1.29 is 4.79 Å². The maximum absolute atomic E-state index is 12.1. The summed E-state index contributed by atoms with van der Waals surface area (Å²) in [4.78, 5) is 18.3. The van der Waals surface area contributed by atoms with Gasteiger partial charge in [0, 0.05) is 44.0 Å². The van der Waals surface area contributed by atoms with Crippen molar-refractivity contribution in [2.24, 2.45) is 0 Å². The Labute approximate surface area is 108 Å². The highest BCUT2D eigenvalue weighted by Crippen LogP contribution is 2.08. The minimum Gasteiger partial charge on any atom is -0.337 e. The van der Waals surface area contributed by atoms with Crippen LogP contribution in [0.15, 0.2) is 24.4 Å². The van der Waals surface area contributed by atoms with Crippen molar-refractivity contribution in [3.8, 4) is 0 Å². The summed E-state index contributed by atoms with van der Waals surface area (Å²) in [5, 5.41) is 3.30. The normalized spacial score (nSPS) is 19.8. The number of carbonyl (C=O) groups is 1. The van der Waals surface area contributed by atoms with Crippen molar-refractivity contribution in [2.45, 2.75) is 32.2 Å². The SMILES string of the molecule is CC1CNCCN1C(=O)CCCc1ccccn1. The number of nitrogens with zero attached hydrogens (tertiary/aromatic N) is 2. The minimum absolute atomic E-state index is 0.278. The van der Waals surface area contributed by atoms with E-state index in [1.807, 2.05) is 23.1 Å². The lowest BCUT2D eigenvalue weighted by molar-refractivity contribution is -0.134. The second-order valence-electron chi connectivity index (χ2n) is 4.81. The maximum atomic E-state index is 12.1. The summed E-state index contributed by atoms with van der Waals surface area (Å²) >= 11 is 0. The van der Waals surface area contributed by atoms with Crippen molar-refractivity contribution in [1.82, 2.24) is 15.2 Å². The molecule has 1 N–H and O–H groups in total. The second kappa shape index (κ2) is 6.50. The summed E-state index contributed by atoms with van der Waals surface area (Å²) in [5.41, 5.74) is 1.07. The number of aromatic nitrogens is 1. The fourth-order valence-electron chi connectivity index (χ4n) is 2.32. The van der Waals surface area contributed by atoms with Gasteiger partial charge >= 0.3 is 0 Å². The molecule has 18 heavy (non-hydrogen) atoms. The van der Waals surface area contributed by atoms with Gasteiger partial charge in [-0.25, -0.2) is 0 Å². The first-order chi connectivity index (χ1) is 8.77. The summed E-state index contributed by atoms with van der Waals surface area (Å²) < 4.78 is 0. The summed E-state index contributed by atoms with van der Waals surface area (Å²) in [6, 6.07) is 6.23. The number of hydrogen-bond acceptors (Lipinski definition) is 3. The number of rotatable bonds is 4. The topological polar surface area (TPSA) is 45.2 Å². The minimum atomic E-state index is 0.278. The van der Waals surface area contributed by atoms with Crippen molar-refractivity contribution >= 4 is 5.91 Å². The highest BCUT2D eigenvalue weighted by Gasteiger charge is 2.22. The van der Waals surface area contributed by atoms with Crippen LogP contribution < -0.4 is 5.32 Å². The monoisotopic (exact) mass is 247 g/mol. The second-order valence-corrected chi connectivity index (χ2v) is 4.81. The molecule has 1 aromatic heterocycles. The molecule has 1 saturated heterocycles. The molecule has 98 valence electrons. The van der Waals surface area contributed by atoms with Crippen LogP contribution in [0.25, 0.3) is 0 Å². The van der Waals surface area contributed by atoms with Gasteiger partial charge in [0.2, 0.25) is 5.91 Å². The molecule has 0 bridgehead atoms. The third-order valence-corrected chi connectivity index (χ3v) is 3.37. The summed E-state index contributed by atoms with van der Waals surface area (Å²) in [6.07, 6.45) is 4.19. The molecule has 2 rings (SSSR count). The molecule has 4 heteroatoms. The zero-order valence-electron chi connectivity index (χ0n) is 10.9. The molecule has 4 nitrogen and oxygen atoms in total. The predicted molar refractivity (Wildman–Crippen MR) is 71.2 cm³/mol. The van der Waals surface area contributed by atoms with E-state index in [-0.39, 0.29) is 5.91 Å². The van der Waals surface area contributed by atoms with E-state index >= 15 is 0 Å². The Morgan fingerprint density at radius 3 is 3.17 bits per heavy atom. The van der Waals surface area contributed by atoms with Crippen LogP contribution in [-0.2, 0) is 11.2 Å². The van der Waals surface area contributed by atoms with Crippen LogP contribution >= 0.6 is 0 Å². The molecule has 0 spiro atoms. The predicted octanol–water partition coefficient (Wildman–Crippen LogP) is 1.22. The number of nitrogens with one attached hydrogen (secondary N) is 1. The van der Waals surface area contributed by atoms with E-state index in [2.05, 4.69) is 17.2 Å². The molecule has 1 aromatic rings. The highest BCUT2D eigenvalue weighted by molar-refractivity contribution is 5.76. The van der Waals surface area contributed by atoms with Crippen LogP contribution in [0.5, 0.6) is 0 Å². The summed E-state index contributed by atoms with van der Waals surface area (Å²) in [5.74, 6) is 0.278. The molecule has 0 aliphatic carbocycles. The Bertz CT molecular complexity index is 380. The molecular weight excluding hydrogens is 226 g/mol. The van der Waals surface area contributed by atoms with E-state index in [0.717, 1.165) is 38.2 Å². The van der Waals surface area contributed by atoms with Gasteiger partial charge in [0.25, 0.3) is 0 Å². The lowest BCUT2D eigenvalue weighted by Gasteiger charge is -2.34. The number of carbonyl (C=O) groups excluding carboxylic acids is 1. The maximum Gasteiger partial charge on any atom is 0.222 e. The van der Waals surface area contributed by atoms with Crippen LogP contribution in [0.4, 0.5) is 0 Å². The highest BCUT2D eigenvalue weighted by atomic mass is 16.2. The van der Waals surface area contributed by atoms with Gasteiger partial charge in [0.1, 0.15) is 0 Å². The average molecular weight is 247 g/mol. The molecular formula is C14H21N3O. The lowest BCUT2D eigenvalue weighted by atomic mass is 10.1. The number of hydrogen-bond donors (Lipinski definition) is 1. The van der Waals surface area contributed by atoms with Gasteiger partial charge in [-0.2, -0.15) is 0 Å². The summed E-state index contributed by atoms with van der Waals surface area (Å²) in [6.45, 7) is 4.76. The largest absolute Gasteiger partial charge is 0.337 e. The first-order valence-electron chi connectivity index (χ1n) is 6.67. The van der Waals surface area contributed by atoms with E-state index in [1.165, 1.54) is 0 Å². The molecule has 0 saturated carbocycles. The zero-order chi connectivity index (χ0) is 12.8. The average Bonchev–Trinajstić information content (AvgIpc) is 2.40. The van der Waals surface area contributed by atoms with Crippen LogP contribution in [0, 0.1) is 0 Å². The van der Waals surface area contributed by atoms with Crippen molar-refractivity contribution in [1.29, 1.82) is 0 Å². The fraction of sp³-hybridized carbons (Fsp3) is 0.571. The Kier molecular flexibility index (Phi) is 4.70. The van der Waals surface area contributed by atoms with Crippen LogP contribution in [0.2, 0.25) is 0 Å². The molecule has 1 unspecified atom stereocenters. The third-order valence-electron chi connectivity index (χ3n) is 3.37. The molecule has 2 heterocycles. The fourth-order valence-corrected chi connectivity index (χ4v) is 2.32. The van der Waals surface area contributed by atoms with Crippen LogP contribution in [0.1, 0.15) is 25.5 Å². The van der Waals surface area contributed by atoms with Crippen LogP contribution in [0.3, 0.4) is 0 Å². The third kappa shape index (κ3) is 3.53. The van der Waals surface area contributed by atoms with Gasteiger partial charge in [0.15, 0.2) is 0 Å². The molecule has 0 radical (unpaired) electrons. The van der Waals surface area contributed by atoms with Gasteiger partial charge in [0.05, 0.1) is 0 Å². The number of pyridine rings is 1. The lowest BCUT2D eigenvalue weighted by Crippen LogP contribution is -2.52. The Balaban J connectivity index is 1.74. The Hall–Kier alpha value is -1.42. The van der Waals surface area contributed by atoms with Crippen molar-refractivity contribution in [3.63, 3.8) is 0 Å². The zero-order valence-corrected chi connectivity index (χ0v) is 10.9. The number of aryl methyl sites for hydroxylation is 1. The van der Waals surface area contributed by atoms with E-state index < -0.39 is 0 Å². The molecule has 1 aliphatic heterocycles. The quantitative estimate of drug-likeness (QED) is 0.870. The van der Waals surface area contributed by atoms with Gasteiger partial charge in [-0.05, 0) is 31.9 Å². The number of amides is 1. The Morgan fingerprint density at radius 2 is 2.44 bits per heavy atom. The number of piperazine rings is 1. The van der Waals surface area contributed by atoms with Gasteiger partial charge in [-0.1, -0.05) is 6.07 Å². The smallest absolute Gasteiger partial charge is 0.222 e. The first kappa shape index (κ1) is 13.0. The Morgan fingerprint density at radius 1 is 1.56 bits per heavy atom. The summed E-state index contributed by atoms with van der Waals surface area (Å²) in [7, 11) is 0. The standard InChI is InChI=1S/C14H21N3O/c1-12-11-15-9-10-17(12)14(18)7-4-6-13-5-2-3-8-16-13/h2-3,5,8,12,15H,4,6-7,9-11H2,1H3. The van der Waals surface area contributed by atoms with Gasteiger partial charge in [-0.15, -0.1) is 0 Å². The van der Waals surface area contributed by atoms with Crippen molar-refractivity contribution in [3.05, 3.63) is 30.1 Å². The van der Waals surface area contributed by atoms with E-state index in [1.54, 1.807) is 6.20 Å². The van der Waals surface area contributed by atoms with Gasteiger partial charge in [-0.3, -0.25) is 9.78 Å².